The maximum Gasteiger partial charge on any atom is 0.0424 e. The van der Waals surface area contributed by atoms with Crippen LogP contribution in [-0.2, 0) is 13.0 Å². The molecule has 0 spiro atoms. The Morgan fingerprint density at radius 3 is 2.08 bits per heavy atom. The molecule has 0 N–H and O–H groups in total. The predicted molar refractivity (Wildman–Crippen MR) is 105 cm³/mol. The van der Waals surface area contributed by atoms with Gasteiger partial charge in [-0.2, -0.15) is 0 Å². The van der Waals surface area contributed by atoms with Gasteiger partial charge in [0.2, 0.25) is 0 Å². The molecule has 0 unspecified atom stereocenters. The van der Waals surface area contributed by atoms with Gasteiger partial charge >= 0.3 is 0 Å². The molecule has 3 aromatic rings. The summed E-state index contributed by atoms with van der Waals surface area (Å²) in [5.74, 6) is 0. The van der Waals surface area contributed by atoms with Crippen molar-refractivity contribution in [3.8, 4) is 0 Å². The molecule has 0 fully saturated rings. The Hall–Kier alpha value is -2.80. The Labute approximate surface area is 150 Å². The maximum atomic E-state index is 2.43. The van der Waals surface area contributed by atoms with Gasteiger partial charge in [-0.05, 0) is 40.7 Å². The van der Waals surface area contributed by atoms with E-state index in [9.17, 15) is 0 Å². The summed E-state index contributed by atoms with van der Waals surface area (Å²) in [5.41, 5.74) is 7.03. The zero-order valence-electron chi connectivity index (χ0n) is 14.4. The van der Waals surface area contributed by atoms with Gasteiger partial charge in [-0.1, -0.05) is 84.9 Å². The van der Waals surface area contributed by atoms with Crippen LogP contribution in [0.3, 0.4) is 0 Å². The summed E-state index contributed by atoms with van der Waals surface area (Å²) in [7, 11) is 0. The van der Waals surface area contributed by atoms with Crippen LogP contribution >= 0.6 is 0 Å². The summed E-state index contributed by atoms with van der Waals surface area (Å²) >= 11 is 0. The molecule has 0 saturated heterocycles. The molecule has 25 heavy (non-hydrogen) atoms. The molecule has 1 aliphatic heterocycles. The van der Waals surface area contributed by atoms with Gasteiger partial charge in [0.25, 0.3) is 0 Å². The average molecular weight is 325 g/mol. The summed E-state index contributed by atoms with van der Waals surface area (Å²) in [6.07, 6.45) is 4.47. The lowest BCUT2D eigenvalue weighted by Gasteiger charge is -2.14. The molecular formula is C24H23N. The van der Waals surface area contributed by atoms with E-state index in [1.54, 1.807) is 0 Å². The van der Waals surface area contributed by atoms with E-state index in [2.05, 4.69) is 96.0 Å². The van der Waals surface area contributed by atoms with Crippen molar-refractivity contribution in [2.24, 2.45) is 0 Å². The first-order valence-corrected chi connectivity index (χ1v) is 8.99. The van der Waals surface area contributed by atoms with Crippen LogP contribution in [0.4, 0.5) is 0 Å². The lowest BCUT2D eigenvalue weighted by molar-refractivity contribution is 0.400. The minimum atomic E-state index is 0.991. The highest BCUT2D eigenvalue weighted by atomic mass is 15.1. The first-order valence-electron chi connectivity index (χ1n) is 8.99. The van der Waals surface area contributed by atoms with Gasteiger partial charge in [0, 0.05) is 19.3 Å². The van der Waals surface area contributed by atoms with E-state index >= 15 is 0 Å². The summed E-state index contributed by atoms with van der Waals surface area (Å²) in [6, 6.07) is 30.3. The van der Waals surface area contributed by atoms with Gasteiger partial charge in [-0.25, -0.2) is 0 Å². The Morgan fingerprint density at radius 2 is 1.32 bits per heavy atom. The third kappa shape index (κ3) is 3.83. The van der Waals surface area contributed by atoms with E-state index in [1.807, 2.05) is 0 Å². The average Bonchev–Trinajstić information content (AvgIpc) is 3.12. The third-order valence-corrected chi connectivity index (χ3v) is 4.84. The molecule has 0 amide bonds. The largest absolute Gasteiger partial charge is 0.372 e. The smallest absolute Gasteiger partial charge is 0.0424 e. The fraction of sp³-hybridized carbons (Fsp3) is 0.167. The van der Waals surface area contributed by atoms with Crippen LogP contribution < -0.4 is 0 Å². The van der Waals surface area contributed by atoms with Crippen LogP contribution in [0.1, 0.15) is 28.7 Å². The SMILES string of the molecule is C1=C(c2ccccc2Cc2ccccc2)CCN1Cc1ccccc1. The topological polar surface area (TPSA) is 3.24 Å². The second-order valence-corrected chi connectivity index (χ2v) is 6.68. The zero-order chi connectivity index (χ0) is 16.9. The lowest BCUT2D eigenvalue weighted by atomic mass is 9.94. The molecule has 3 aromatic carbocycles. The van der Waals surface area contributed by atoms with Crippen molar-refractivity contribution in [2.75, 3.05) is 6.54 Å². The van der Waals surface area contributed by atoms with E-state index in [1.165, 1.54) is 27.8 Å². The Kier molecular flexibility index (Phi) is 4.65. The maximum absolute atomic E-state index is 2.43. The molecule has 1 heterocycles. The van der Waals surface area contributed by atoms with Crippen molar-refractivity contribution in [3.63, 3.8) is 0 Å². The van der Waals surface area contributed by atoms with Crippen molar-refractivity contribution in [2.45, 2.75) is 19.4 Å². The minimum Gasteiger partial charge on any atom is -0.372 e. The fourth-order valence-electron chi connectivity index (χ4n) is 3.56. The van der Waals surface area contributed by atoms with Crippen molar-refractivity contribution in [1.82, 2.24) is 4.90 Å². The molecule has 0 atom stereocenters. The number of hydrogen-bond donors (Lipinski definition) is 0. The molecule has 0 saturated carbocycles. The molecule has 124 valence electrons. The lowest BCUT2D eigenvalue weighted by Crippen LogP contribution is -2.13. The Bertz CT molecular complexity index is 850. The normalized spacial score (nSPS) is 13.8. The molecule has 1 heteroatoms. The van der Waals surface area contributed by atoms with Crippen molar-refractivity contribution in [1.29, 1.82) is 0 Å². The Balaban J connectivity index is 1.55. The summed E-state index contributed by atoms with van der Waals surface area (Å²) < 4.78 is 0. The minimum absolute atomic E-state index is 0.991. The summed E-state index contributed by atoms with van der Waals surface area (Å²) in [5, 5.41) is 0. The quantitative estimate of drug-likeness (QED) is 0.596. The van der Waals surface area contributed by atoms with Crippen molar-refractivity contribution in [3.05, 3.63) is 113 Å². The zero-order valence-corrected chi connectivity index (χ0v) is 14.4. The molecule has 0 radical (unpaired) electrons. The Morgan fingerprint density at radius 1 is 0.680 bits per heavy atom. The van der Waals surface area contributed by atoms with E-state index in [0.29, 0.717) is 0 Å². The molecule has 0 aromatic heterocycles. The van der Waals surface area contributed by atoms with Crippen LogP contribution in [0.5, 0.6) is 0 Å². The molecule has 0 aliphatic carbocycles. The van der Waals surface area contributed by atoms with Gasteiger partial charge in [-0.15, -0.1) is 0 Å². The van der Waals surface area contributed by atoms with E-state index < -0.39 is 0 Å². The van der Waals surface area contributed by atoms with Crippen LogP contribution in [0.25, 0.3) is 5.57 Å². The van der Waals surface area contributed by atoms with Gasteiger partial charge in [0.15, 0.2) is 0 Å². The van der Waals surface area contributed by atoms with E-state index in [0.717, 1.165) is 25.9 Å². The van der Waals surface area contributed by atoms with Crippen LogP contribution in [-0.4, -0.2) is 11.4 Å². The van der Waals surface area contributed by atoms with Crippen molar-refractivity contribution >= 4 is 5.57 Å². The highest BCUT2D eigenvalue weighted by molar-refractivity contribution is 5.70. The first kappa shape index (κ1) is 15.7. The monoisotopic (exact) mass is 325 g/mol. The van der Waals surface area contributed by atoms with Crippen LogP contribution in [0, 0.1) is 0 Å². The summed E-state index contributed by atoms with van der Waals surface area (Å²) in [6.45, 7) is 2.09. The highest BCUT2D eigenvalue weighted by Gasteiger charge is 2.16. The molecule has 1 nitrogen and oxygen atoms in total. The van der Waals surface area contributed by atoms with Gasteiger partial charge in [-0.3, -0.25) is 0 Å². The second kappa shape index (κ2) is 7.40. The summed E-state index contributed by atoms with van der Waals surface area (Å²) in [4.78, 5) is 2.43. The highest BCUT2D eigenvalue weighted by Crippen LogP contribution is 2.29. The van der Waals surface area contributed by atoms with Gasteiger partial charge in [0.05, 0.1) is 0 Å². The van der Waals surface area contributed by atoms with E-state index in [4.69, 9.17) is 0 Å². The molecule has 4 rings (SSSR count). The van der Waals surface area contributed by atoms with Crippen LogP contribution in [0.2, 0.25) is 0 Å². The molecule has 1 aliphatic rings. The molecule has 0 bridgehead atoms. The van der Waals surface area contributed by atoms with Crippen molar-refractivity contribution < 1.29 is 0 Å². The number of benzene rings is 3. The number of hydrogen-bond acceptors (Lipinski definition) is 1. The second-order valence-electron chi connectivity index (χ2n) is 6.68. The third-order valence-electron chi connectivity index (χ3n) is 4.84. The van der Waals surface area contributed by atoms with Gasteiger partial charge < -0.3 is 4.90 Å². The number of rotatable bonds is 5. The fourth-order valence-corrected chi connectivity index (χ4v) is 3.56. The first-order chi connectivity index (χ1) is 12.4. The van der Waals surface area contributed by atoms with E-state index in [-0.39, 0.29) is 0 Å². The van der Waals surface area contributed by atoms with Crippen LogP contribution in [0.15, 0.2) is 91.1 Å². The standard InChI is InChI=1S/C24H23N/c1-3-9-20(10-4-1)17-22-13-7-8-14-24(22)23-15-16-25(19-23)18-21-11-5-2-6-12-21/h1-14,19H,15-18H2. The predicted octanol–water partition coefficient (Wildman–Crippen LogP) is 5.52. The number of nitrogens with zero attached hydrogens (tertiary/aromatic N) is 1. The van der Waals surface area contributed by atoms with Gasteiger partial charge in [0.1, 0.15) is 0 Å². The molecular weight excluding hydrogens is 302 g/mol.